The first-order valence-corrected chi connectivity index (χ1v) is 4.56. The molecule has 0 aliphatic heterocycles. The first-order chi connectivity index (χ1) is 6.78. The van der Waals surface area contributed by atoms with Crippen LogP contribution in [-0.2, 0) is 0 Å². The number of alkyl halides is 3. The molecule has 4 N–H and O–H groups in total. The van der Waals surface area contributed by atoms with Crippen LogP contribution in [0, 0.1) is 0 Å². The summed E-state index contributed by atoms with van der Waals surface area (Å²) in [5.41, 5.74) is 5.87. The quantitative estimate of drug-likeness (QED) is 0.609. The maximum absolute atomic E-state index is 12.0. The molecule has 0 radical (unpaired) electrons. The topological polar surface area (TPSA) is 69.1 Å². The molecule has 0 saturated carbocycles. The number of amides is 1. The molecule has 0 aliphatic carbocycles. The third kappa shape index (κ3) is 3.70. The zero-order valence-corrected chi connectivity index (χ0v) is 8.15. The Balaban J connectivity index is 3.04. The van der Waals surface area contributed by atoms with E-state index in [1.807, 2.05) is 0 Å². The summed E-state index contributed by atoms with van der Waals surface area (Å²) in [6.45, 7) is 0. The van der Waals surface area contributed by atoms with Gasteiger partial charge in [-0.25, -0.2) is 0 Å². The molecule has 1 aromatic rings. The molecular weight excluding hydrogens is 229 g/mol. The minimum Gasteiger partial charge on any atom is -0.399 e. The number of nitrogen functional groups attached to an aromatic ring is 1. The van der Waals surface area contributed by atoms with Crippen molar-refractivity contribution in [1.82, 2.24) is 0 Å². The van der Waals surface area contributed by atoms with Gasteiger partial charge in [-0.1, -0.05) is 0 Å². The smallest absolute Gasteiger partial charge is 0.399 e. The van der Waals surface area contributed by atoms with E-state index >= 15 is 0 Å². The first-order valence-electron chi connectivity index (χ1n) is 3.74. The van der Waals surface area contributed by atoms with Gasteiger partial charge in [0.25, 0.3) is 0 Å². The zero-order chi connectivity index (χ0) is 11.6. The maximum Gasteiger partial charge on any atom is 0.446 e. The van der Waals surface area contributed by atoms with E-state index in [0.717, 1.165) is 12.1 Å². The van der Waals surface area contributed by atoms with Gasteiger partial charge in [0.15, 0.2) is 0 Å². The molecule has 0 fully saturated rings. The molecule has 0 aromatic heterocycles. The molecule has 82 valence electrons. The summed E-state index contributed by atoms with van der Waals surface area (Å²) in [5, 5.41) is 0. The van der Waals surface area contributed by atoms with Gasteiger partial charge in [-0.05, 0) is 30.0 Å². The third-order valence-electron chi connectivity index (χ3n) is 1.45. The molecule has 0 bridgehead atoms. The van der Waals surface area contributed by atoms with Crippen LogP contribution < -0.4 is 11.5 Å². The maximum atomic E-state index is 12.0. The molecule has 0 saturated heterocycles. The molecule has 0 atom stereocenters. The fourth-order valence-electron chi connectivity index (χ4n) is 0.957. The number of carbonyl (C=O) groups excluding carboxylic acids is 1. The molecular formula is C8H7F3N2OS. The lowest BCUT2D eigenvalue weighted by Gasteiger charge is -2.07. The standard InChI is InChI=1S/C8H7F3N2OS/c9-8(10,11)15-6-2-4(7(13)14)1-5(12)3-6/h1-3H,12H2,(H2,13,14). The highest BCUT2D eigenvalue weighted by atomic mass is 32.2. The van der Waals surface area contributed by atoms with Gasteiger partial charge in [0, 0.05) is 16.1 Å². The molecule has 1 aromatic carbocycles. The van der Waals surface area contributed by atoms with Crippen LogP contribution in [0.2, 0.25) is 0 Å². The fraction of sp³-hybridized carbons (Fsp3) is 0.125. The Hall–Kier alpha value is -1.37. The highest BCUT2D eigenvalue weighted by Gasteiger charge is 2.29. The summed E-state index contributed by atoms with van der Waals surface area (Å²) in [5.74, 6) is -0.814. The van der Waals surface area contributed by atoms with Crippen molar-refractivity contribution in [2.24, 2.45) is 5.73 Å². The van der Waals surface area contributed by atoms with Gasteiger partial charge in [-0.2, -0.15) is 13.2 Å². The second kappa shape index (κ2) is 4.01. The van der Waals surface area contributed by atoms with Crippen molar-refractivity contribution in [2.45, 2.75) is 10.4 Å². The van der Waals surface area contributed by atoms with Crippen molar-refractivity contribution in [2.75, 3.05) is 5.73 Å². The van der Waals surface area contributed by atoms with Crippen LogP contribution in [0.1, 0.15) is 10.4 Å². The highest BCUT2D eigenvalue weighted by molar-refractivity contribution is 8.00. The van der Waals surface area contributed by atoms with E-state index in [9.17, 15) is 18.0 Å². The number of anilines is 1. The lowest BCUT2D eigenvalue weighted by Crippen LogP contribution is -2.11. The molecule has 7 heteroatoms. The Bertz CT molecular complexity index is 392. The summed E-state index contributed by atoms with van der Waals surface area (Å²) in [4.78, 5) is 10.6. The average molecular weight is 236 g/mol. The number of nitrogens with two attached hydrogens (primary N) is 2. The van der Waals surface area contributed by atoms with E-state index in [4.69, 9.17) is 11.5 Å². The van der Waals surface area contributed by atoms with Crippen molar-refractivity contribution in [3.8, 4) is 0 Å². The van der Waals surface area contributed by atoms with Gasteiger partial charge in [0.05, 0.1) is 0 Å². The van der Waals surface area contributed by atoms with Crippen LogP contribution in [0.25, 0.3) is 0 Å². The lowest BCUT2D eigenvalue weighted by molar-refractivity contribution is -0.0328. The number of rotatable bonds is 2. The monoisotopic (exact) mass is 236 g/mol. The van der Waals surface area contributed by atoms with Gasteiger partial charge in [-0.3, -0.25) is 4.79 Å². The number of halogens is 3. The van der Waals surface area contributed by atoms with Gasteiger partial charge < -0.3 is 11.5 Å². The minimum absolute atomic E-state index is 0.0400. The van der Waals surface area contributed by atoms with Crippen LogP contribution in [0.15, 0.2) is 23.1 Å². The highest BCUT2D eigenvalue weighted by Crippen LogP contribution is 2.37. The van der Waals surface area contributed by atoms with Crippen LogP contribution in [0.4, 0.5) is 18.9 Å². The van der Waals surface area contributed by atoms with E-state index in [0.29, 0.717) is 0 Å². The molecule has 0 unspecified atom stereocenters. The molecule has 0 heterocycles. The third-order valence-corrected chi connectivity index (χ3v) is 2.15. The molecule has 3 nitrogen and oxygen atoms in total. The molecule has 15 heavy (non-hydrogen) atoms. The van der Waals surface area contributed by atoms with E-state index in [-0.39, 0.29) is 27.9 Å². The van der Waals surface area contributed by atoms with Crippen LogP contribution in [0.5, 0.6) is 0 Å². The predicted octanol–water partition coefficient (Wildman–Crippen LogP) is 1.98. The van der Waals surface area contributed by atoms with Crippen molar-refractivity contribution >= 4 is 23.4 Å². The number of benzene rings is 1. The largest absolute Gasteiger partial charge is 0.446 e. The Labute approximate surface area is 87.6 Å². The average Bonchev–Trinajstić information content (AvgIpc) is 1.99. The summed E-state index contributed by atoms with van der Waals surface area (Å²) in [6, 6.07) is 3.41. The normalized spacial score (nSPS) is 11.4. The van der Waals surface area contributed by atoms with E-state index < -0.39 is 11.4 Å². The number of primary amides is 1. The fourth-order valence-corrected chi connectivity index (χ4v) is 1.61. The zero-order valence-electron chi connectivity index (χ0n) is 7.34. The molecule has 0 aliphatic rings. The number of hydrogen-bond acceptors (Lipinski definition) is 3. The Morgan fingerprint density at radius 2 is 1.87 bits per heavy atom. The van der Waals surface area contributed by atoms with Crippen LogP contribution >= 0.6 is 11.8 Å². The predicted molar refractivity (Wildman–Crippen MR) is 51.3 cm³/mol. The summed E-state index contributed by atoms with van der Waals surface area (Å²) < 4.78 is 36.0. The van der Waals surface area contributed by atoms with Crippen molar-refractivity contribution in [3.63, 3.8) is 0 Å². The number of hydrogen-bond donors (Lipinski definition) is 2. The van der Waals surface area contributed by atoms with Gasteiger partial charge in [0.2, 0.25) is 5.91 Å². The van der Waals surface area contributed by atoms with Gasteiger partial charge in [-0.15, -0.1) is 0 Å². The van der Waals surface area contributed by atoms with Crippen molar-refractivity contribution in [3.05, 3.63) is 23.8 Å². The van der Waals surface area contributed by atoms with Crippen molar-refractivity contribution < 1.29 is 18.0 Å². The summed E-state index contributed by atoms with van der Waals surface area (Å²) >= 11 is -0.341. The second-order valence-electron chi connectivity index (χ2n) is 2.70. The Kier molecular flexibility index (Phi) is 3.13. The first kappa shape index (κ1) is 11.7. The van der Waals surface area contributed by atoms with Gasteiger partial charge in [0.1, 0.15) is 0 Å². The molecule has 1 rings (SSSR count). The second-order valence-corrected chi connectivity index (χ2v) is 3.84. The number of thioether (sulfide) groups is 1. The summed E-state index contributed by atoms with van der Waals surface area (Å²) in [7, 11) is 0. The summed E-state index contributed by atoms with van der Waals surface area (Å²) in [6.07, 6.45) is 0. The van der Waals surface area contributed by atoms with Crippen LogP contribution in [0.3, 0.4) is 0 Å². The Morgan fingerprint density at radius 1 is 1.27 bits per heavy atom. The number of carbonyl (C=O) groups is 1. The molecule has 0 spiro atoms. The SMILES string of the molecule is NC(=O)c1cc(N)cc(SC(F)(F)F)c1. The van der Waals surface area contributed by atoms with Crippen molar-refractivity contribution in [1.29, 1.82) is 0 Å². The minimum atomic E-state index is -4.41. The lowest BCUT2D eigenvalue weighted by atomic mass is 10.2. The van der Waals surface area contributed by atoms with E-state index in [2.05, 4.69) is 0 Å². The molecule has 1 amide bonds. The Morgan fingerprint density at radius 3 is 2.33 bits per heavy atom. The van der Waals surface area contributed by atoms with Gasteiger partial charge >= 0.3 is 5.51 Å². The van der Waals surface area contributed by atoms with E-state index in [1.54, 1.807) is 0 Å². The van der Waals surface area contributed by atoms with Crippen LogP contribution in [-0.4, -0.2) is 11.4 Å². The van der Waals surface area contributed by atoms with E-state index in [1.165, 1.54) is 6.07 Å².